The van der Waals surface area contributed by atoms with Crippen LogP contribution in [0.3, 0.4) is 0 Å². The summed E-state index contributed by atoms with van der Waals surface area (Å²) >= 11 is 8.51. The van der Waals surface area contributed by atoms with Crippen molar-refractivity contribution in [2.45, 2.75) is 11.3 Å². The molecule has 2 nitrogen and oxygen atoms in total. The first-order valence-corrected chi connectivity index (χ1v) is 12.7. The number of aromatic nitrogens is 1. The lowest BCUT2D eigenvalue weighted by molar-refractivity contribution is 0.947. The van der Waals surface area contributed by atoms with Gasteiger partial charge in [0.25, 0.3) is 0 Å². The van der Waals surface area contributed by atoms with Gasteiger partial charge in [-0.3, -0.25) is 0 Å². The second kappa shape index (κ2) is 7.83. The molecule has 1 N–H and O–H groups in total. The number of thioether (sulfide) groups is 1. The number of hydrogen-bond donors (Lipinski definition) is 1. The van der Waals surface area contributed by atoms with E-state index < -0.39 is 0 Å². The first-order chi connectivity index (χ1) is 16.8. The molecule has 1 atom stereocenters. The van der Waals surface area contributed by atoms with Crippen LogP contribution in [0.1, 0.15) is 6.42 Å². The van der Waals surface area contributed by atoms with Crippen LogP contribution in [-0.4, -0.2) is 4.57 Å². The summed E-state index contributed by atoms with van der Waals surface area (Å²) in [5.41, 5.74) is 7.14. The summed E-state index contributed by atoms with van der Waals surface area (Å²) < 4.78 is 2.29. The highest BCUT2D eigenvalue weighted by atomic mass is 35.5. The van der Waals surface area contributed by atoms with Gasteiger partial charge in [-0.15, -0.1) is 0 Å². The molecule has 7 rings (SSSR count). The maximum atomic E-state index is 6.61. The number of nitrogens with one attached hydrogen (secondary N) is 1. The Hall–Kier alpha value is -3.40. The minimum absolute atomic E-state index is 0.678. The molecule has 1 heterocycles. The minimum atomic E-state index is 0.678. The molecule has 0 bridgehead atoms. The Labute approximate surface area is 207 Å². The van der Waals surface area contributed by atoms with Crippen LogP contribution in [0.2, 0.25) is 5.02 Å². The van der Waals surface area contributed by atoms with Gasteiger partial charge in [-0.05, 0) is 66.6 Å². The van der Waals surface area contributed by atoms with E-state index in [0.29, 0.717) is 5.92 Å². The molecule has 2 aliphatic carbocycles. The van der Waals surface area contributed by atoms with Gasteiger partial charge < -0.3 is 9.88 Å². The van der Waals surface area contributed by atoms with E-state index in [4.69, 9.17) is 11.6 Å². The van der Waals surface area contributed by atoms with Gasteiger partial charge in [-0.2, -0.15) is 0 Å². The summed E-state index contributed by atoms with van der Waals surface area (Å²) in [6, 6.07) is 31.8. The van der Waals surface area contributed by atoms with Crippen molar-refractivity contribution in [1.82, 2.24) is 4.57 Å². The SMILES string of the molecule is Clc1cccc2c1c1ccccc1n2-c1ccc(Nc2ccccc2SC2=C3C=CCC32)cc1. The molecule has 5 aromatic rings. The predicted octanol–water partition coefficient (Wildman–Crippen LogP) is 9.12. The third-order valence-corrected chi connectivity index (χ3v) is 8.35. The van der Waals surface area contributed by atoms with Gasteiger partial charge in [0.1, 0.15) is 0 Å². The Balaban J connectivity index is 1.23. The highest BCUT2D eigenvalue weighted by molar-refractivity contribution is 8.03. The van der Waals surface area contributed by atoms with Crippen LogP contribution in [0.25, 0.3) is 27.5 Å². The zero-order valence-corrected chi connectivity index (χ0v) is 19.9. The number of benzene rings is 4. The molecule has 0 spiro atoms. The van der Waals surface area contributed by atoms with Crippen molar-refractivity contribution in [3.05, 3.63) is 119 Å². The number of anilines is 2. The fourth-order valence-electron chi connectivity index (χ4n) is 5.04. The Morgan fingerprint density at radius 2 is 1.62 bits per heavy atom. The van der Waals surface area contributed by atoms with Gasteiger partial charge in [0, 0.05) is 37.9 Å². The molecule has 1 aromatic heterocycles. The van der Waals surface area contributed by atoms with Gasteiger partial charge in [0.2, 0.25) is 0 Å². The monoisotopic (exact) mass is 476 g/mol. The Bertz CT molecular complexity index is 1640. The van der Waals surface area contributed by atoms with E-state index in [-0.39, 0.29) is 0 Å². The molecule has 4 heteroatoms. The van der Waals surface area contributed by atoms with Crippen LogP contribution < -0.4 is 5.32 Å². The van der Waals surface area contributed by atoms with Crippen LogP contribution in [0.15, 0.2) is 119 Å². The first-order valence-electron chi connectivity index (χ1n) is 11.5. The van der Waals surface area contributed by atoms with Crippen molar-refractivity contribution < 1.29 is 0 Å². The van der Waals surface area contributed by atoms with Crippen LogP contribution in [-0.2, 0) is 0 Å². The molecule has 0 fully saturated rings. The normalized spacial score (nSPS) is 16.4. The van der Waals surface area contributed by atoms with Crippen molar-refractivity contribution in [2.75, 3.05) is 5.32 Å². The zero-order chi connectivity index (χ0) is 22.6. The molecule has 0 saturated carbocycles. The largest absolute Gasteiger partial charge is 0.355 e. The van der Waals surface area contributed by atoms with Gasteiger partial charge in [0.15, 0.2) is 0 Å². The molecule has 4 aromatic carbocycles. The van der Waals surface area contributed by atoms with Crippen LogP contribution in [0, 0.1) is 5.92 Å². The number of nitrogens with zero attached hydrogens (tertiary/aromatic N) is 1. The van der Waals surface area contributed by atoms with Crippen LogP contribution in [0.5, 0.6) is 0 Å². The maximum Gasteiger partial charge on any atom is 0.0556 e. The predicted molar refractivity (Wildman–Crippen MR) is 146 cm³/mol. The minimum Gasteiger partial charge on any atom is -0.355 e. The average molecular weight is 477 g/mol. The lowest BCUT2D eigenvalue weighted by atomic mass is 10.1. The van der Waals surface area contributed by atoms with E-state index in [1.807, 2.05) is 23.9 Å². The third kappa shape index (κ3) is 3.19. The van der Waals surface area contributed by atoms with Crippen molar-refractivity contribution in [1.29, 1.82) is 0 Å². The van der Waals surface area contributed by atoms with Crippen molar-refractivity contribution in [3.8, 4) is 5.69 Å². The molecule has 2 aliphatic rings. The van der Waals surface area contributed by atoms with E-state index in [9.17, 15) is 0 Å². The fourth-order valence-corrected chi connectivity index (χ4v) is 6.56. The standard InChI is InChI=1S/C30H21ClN2S/c31-24-10-6-13-27-29(24)23-7-1-3-12-26(23)33(27)20-17-15-19(16-18-20)32-25-11-2-4-14-28(25)34-30-21-8-5-9-22(21)30/h1-8,10-18,22,32H,9H2. The second-order valence-corrected chi connectivity index (χ2v) is 10.3. The van der Waals surface area contributed by atoms with Gasteiger partial charge in [-0.25, -0.2) is 0 Å². The van der Waals surface area contributed by atoms with Crippen molar-refractivity contribution in [2.24, 2.45) is 5.92 Å². The average Bonchev–Trinajstić information content (AvgIpc) is 3.20. The zero-order valence-electron chi connectivity index (χ0n) is 18.3. The highest BCUT2D eigenvalue weighted by Crippen LogP contribution is 2.56. The summed E-state index contributed by atoms with van der Waals surface area (Å²) in [7, 11) is 0. The number of rotatable bonds is 5. The molecule has 0 aliphatic heterocycles. The molecule has 0 saturated heterocycles. The highest BCUT2D eigenvalue weighted by Gasteiger charge is 2.37. The van der Waals surface area contributed by atoms with Gasteiger partial charge >= 0.3 is 0 Å². The number of allylic oxidation sites excluding steroid dienone is 4. The maximum absolute atomic E-state index is 6.61. The molecule has 0 radical (unpaired) electrons. The first kappa shape index (κ1) is 20.0. The number of halogens is 1. The fraction of sp³-hybridized carbons (Fsp3) is 0.0667. The molecule has 0 amide bonds. The smallest absolute Gasteiger partial charge is 0.0556 e. The van der Waals surface area contributed by atoms with E-state index >= 15 is 0 Å². The second-order valence-electron chi connectivity index (χ2n) is 8.77. The number of fused-ring (bicyclic) bond motifs is 4. The summed E-state index contributed by atoms with van der Waals surface area (Å²) in [6.07, 6.45) is 5.73. The quantitative estimate of drug-likeness (QED) is 0.272. The van der Waals surface area contributed by atoms with Crippen molar-refractivity contribution in [3.63, 3.8) is 0 Å². The Morgan fingerprint density at radius 1 is 0.824 bits per heavy atom. The lowest BCUT2D eigenvalue weighted by Crippen LogP contribution is -1.96. The van der Waals surface area contributed by atoms with Crippen LogP contribution >= 0.6 is 23.4 Å². The van der Waals surface area contributed by atoms with E-state index in [1.165, 1.54) is 27.2 Å². The number of para-hydroxylation sites is 2. The Kier molecular flexibility index (Phi) is 4.61. The van der Waals surface area contributed by atoms with Crippen LogP contribution in [0.4, 0.5) is 11.4 Å². The summed E-state index contributed by atoms with van der Waals surface area (Å²) in [5, 5.41) is 6.69. The molecule has 1 unspecified atom stereocenters. The van der Waals surface area contributed by atoms with Gasteiger partial charge in [-0.1, -0.05) is 71.9 Å². The molecule has 164 valence electrons. The number of hydrogen-bond acceptors (Lipinski definition) is 2. The molecule has 34 heavy (non-hydrogen) atoms. The van der Waals surface area contributed by atoms with E-state index in [1.54, 1.807) is 0 Å². The third-order valence-electron chi connectivity index (χ3n) is 6.72. The van der Waals surface area contributed by atoms with Crippen molar-refractivity contribution >= 4 is 56.5 Å². The van der Waals surface area contributed by atoms with E-state index in [0.717, 1.165) is 38.5 Å². The summed E-state index contributed by atoms with van der Waals surface area (Å²) in [5.74, 6) is 0.678. The summed E-state index contributed by atoms with van der Waals surface area (Å²) in [6.45, 7) is 0. The lowest BCUT2D eigenvalue weighted by Gasteiger charge is -2.13. The van der Waals surface area contributed by atoms with Gasteiger partial charge in [0.05, 0.1) is 21.7 Å². The molecular weight excluding hydrogens is 456 g/mol. The molecular formula is C30H21ClN2S. The summed E-state index contributed by atoms with van der Waals surface area (Å²) in [4.78, 5) is 2.80. The topological polar surface area (TPSA) is 17.0 Å². The van der Waals surface area contributed by atoms with E-state index in [2.05, 4.69) is 101 Å². The Morgan fingerprint density at radius 3 is 2.47 bits per heavy atom.